The number of carbonyl (C=O) groups excluding carboxylic acids is 2. The molecular formula is C10H13N3O2S. The predicted molar refractivity (Wildman–Crippen MR) is 62.2 cm³/mol. The quantitative estimate of drug-likeness (QED) is 0.766. The number of anilines is 1. The summed E-state index contributed by atoms with van der Waals surface area (Å²) < 4.78 is 1.80. The van der Waals surface area contributed by atoms with Gasteiger partial charge < -0.3 is 4.57 Å². The summed E-state index contributed by atoms with van der Waals surface area (Å²) in [5.41, 5.74) is 0. The fraction of sp³-hybridized carbons (Fsp3) is 0.500. The standard InChI is InChI=1S/C10H13N3O2S/c1-7(14)16-8-5-9(15)13(6-8)10-11-3-4-12(10)2/h3-4,8H,5-6H2,1-2H3. The van der Waals surface area contributed by atoms with Crippen LogP contribution in [0.25, 0.3) is 0 Å². The second kappa shape index (κ2) is 4.29. The molecule has 1 aliphatic heterocycles. The van der Waals surface area contributed by atoms with Crippen LogP contribution in [0.5, 0.6) is 0 Å². The number of hydrogen-bond donors (Lipinski definition) is 0. The summed E-state index contributed by atoms with van der Waals surface area (Å²) in [6, 6.07) is 0. The van der Waals surface area contributed by atoms with E-state index in [4.69, 9.17) is 0 Å². The zero-order valence-corrected chi connectivity index (χ0v) is 10.0. The molecule has 5 nitrogen and oxygen atoms in total. The van der Waals surface area contributed by atoms with Crippen molar-refractivity contribution in [1.29, 1.82) is 0 Å². The maximum atomic E-state index is 11.8. The lowest BCUT2D eigenvalue weighted by molar-refractivity contribution is -0.117. The van der Waals surface area contributed by atoms with Gasteiger partial charge in [-0.25, -0.2) is 4.98 Å². The Balaban J connectivity index is 2.11. The number of aromatic nitrogens is 2. The van der Waals surface area contributed by atoms with E-state index in [0.717, 1.165) is 0 Å². The monoisotopic (exact) mass is 239 g/mol. The van der Waals surface area contributed by atoms with E-state index >= 15 is 0 Å². The molecule has 1 aromatic heterocycles. The average Bonchev–Trinajstić information content (AvgIpc) is 2.71. The van der Waals surface area contributed by atoms with Gasteiger partial charge in [-0.2, -0.15) is 0 Å². The van der Waals surface area contributed by atoms with Crippen molar-refractivity contribution >= 4 is 28.7 Å². The number of thioether (sulfide) groups is 1. The van der Waals surface area contributed by atoms with Crippen molar-refractivity contribution < 1.29 is 9.59 Å². The molecule has 1 amide bonds. The molecule has 2 heterocycles. The number of aryl methyl sites for hydroxylation is 1. The van der Waals surface area contributed by atoms with Gasteiger partial charge in [0.25, 0.3) is 0 Å². The highest BCUT2D eigenvalue weighted by atomic mass is 32.2. The molecule has 1 unspecified atom stereocenters. The van der Waals surface area contributed by atoms with E-state index in [1.807, 2.05) is 7.05 Å². The van der Waals surface area contributed by atoms with Crippen LogP contribution in [0.15, 0.2) is 12.4 Å². The highest BCUT2D eigenvalue weighted by Gasteiger charge is 2.33. The highest BCUT2D eigenvalue weighted by Crippen LogP contribution is 2.27. The summed E-state index contributed by atoms with van der Waals surface area (Å²) in [5, 5.41) is 0.112. The van der Waals surface area contributed by atoms with Crippen LogP contribution >= 0.6 is 11.8 Å². The van der Waals surface area contributed by atoms with Crippen LogP contribution in [-0.4, -0.2) is 32.4 Å². The number of rotatable bonds is 2. The molecule has 0 saturated carbocycles. The van der Waals surface area contributed by atoms with Gasteiger partial charge in [-0.3, -0.25) is 14.5 Å². The smallest absolute Gasteiger partial charge is 0.230 e. The molecule has 0 aliphatic carbocycles. The first-order chi connectivity index (χ1) is 7.58. The summed E-state index contributed by atoms with van der Waals surface area (Å²) in [6.45, 7) is 2.09. The largest absolute Gasteiger partial charge is 0.320 e. The van der Waals surface area contributed by atoms with E-state index in [0.29, 0.717) is 18.9 Å². The lowest BCUT2D eigenvalue weighted by Crippen LogP contribution is -2.27. The summed E-state index contributed by atoms with van der Waals surface area (Å²) in [6.07, 6.45) is 3.87. The topological polar surface area (TPSA) is 55.2 Å². The number of imidazole rings is 1. The predicted octanol–water partition coefficient (Wildman–Crippen LogP) is 0.805. The molecule has 1 atom stereocenters. The minimum atomic E-state index is 0.0352. The molecule has 0 radical (unpaired) electrons. The van der Waals surface area contributed by atoms with Crippen molar-refractivity contribution in [3.8, 4) is 0 Å². The van der Waals surface area contributed by atoms with Crippen LogP contribution in [0, 0.1) is 0 Å². The van der Waals surface area contributed by atoms with Gasteiger partial charge >= 0.3 is 0 Å². The van der Waals surface area contributed by atoms with Crippen molar-refractivity contribution in [1.82, 2.24) is 9.55 Å². The minimum Gasteiger partial charge on any atom is -0.320 e. The summed E-state index contributed by atoms with van der Waals surface area (Å²) in [7, 11) is 1.85. The molecule has 0 spiro atoms. The van der Waals surface area contributed by atoms with Crippen LogP contribution in [0.2, 0.25) is 0 Å². The SMILES string of the molecule is CC(=O)SC1CC(=O)N(c2nccn2C)C1. The molecule has 1 aromatic rings. The van der Waals surface area contributed by atoms with Gasteiger partial charge in [-0.05, 0) is 0 Å². The molecule has 6 heteroatoms. The third-order valence-electron chi connectivity index (χ3n) is 2.46. The van der Waals surface area contributed by atoms with E-state index in [1.165, 1.54) is 18.7 Å². The van der Waals surface area contributed by atoms with Gasteiger partial charge in [-0.1, -0.05) is 11.8 Å². The van der Waals surface area contributed by atoms with Crippen molar-refractivity contribution in [3.63, 3.8) is 0 Å². The fourth-order valence-corrected chi connectivity index (χ4v) is 2.72. The molecule has 1 aliphatic rings. The first kappa shape index (κ1) is 11.2. The van der Waals surface area contributed by atoms with Gasteiger partial charge in [-0.15, -0.1) is 0 Å². The Morgan fingerprint density at radius 3 is 2.94 bits per heavy atom. The lowest BCUT2D eigenvalue weighted by atomic mass is 10.4. The molecular weight excluding hydrogens is 226 g/mol. The maximum absolute atomic E-state index is 11.8. The first-order valence-electron chi connectivity index (χ1n) is 5.03. The van der Waals surface area contributed by atoms with Crippen LogP contribution in [0.1, 0.15) is 13.3 Å². The Bertz CT molecular complexity index is 429. The Morgan fingerprint density at radius 2 is 2.38 bits per heavy atom. The molecule has 0 bridgehead atoms. The van der Waals surface area contributed by atoms with Crippen LogP contribution in [0.4, 0.5) is 5.95 Å². The van der Waals surface area contributed by atoms with Crippen LogP contribution in [0.3, 0.4) is 0 Å². The van der Waals surface area contributed by atoms with E-state index in [9.17, 15) is 9.59 Å². The third-order valence-corrected chi connectivity index (χ3v) is 3.44. The summed E-state index contributed by atoms with van der Waals surface area (Å²) >= 11 is 1.23. The fourth-order valence-electron chi connectivity index (χ4n) is 1.80. The van der Waals surface area contributed by atoms with Gasteiger partial charge in [0.05, 0.1) is 0 Å². The minimum absolute atomic E-state index is 0.0352. The Kier molecular flexibility index (Phi) is 3.00. The van der Waals surface area contributed by atoms with Crippen molar-refractivity contribution in [2.75, 3.05) is 11.4 Å². The zero-order valence-electron chi connectivity index (χ0n) is 9.21. The average molecular weight is 239 g/mol. The van der Waals surface area contributed by atoms with Gasteiger partial charge in [0, 0.05) is 44.6 Å². The number of hydrogen-bond acceptors (Lipinski definition) is 4. The lowest BCUT2D eigenvalue weighted by Gasteiger charge is -2.14. The molecule has 0 aromatic carbocycles. The number of carbonyl (C=O) groups is 2. The molecule has 1 saturated heterocycles. The Labute approximate surface area is 97.8 Å². The maximum Gasteiger partial charge on any atom is 0.230 e. The van der Waals surface area contributed by atoms with Crippen LogP contribution < -0.4 is 4.90 Å². The number of nitrogens with zero attached hydrogens (tertiary/aromatic N) is 3. The first-order valence-corrected chi connectivity index (χ1v) is 5.91. The molecule has 2 rings (SSSR count). The zero-order chi connectivity index (χ0) is 11.7. The number of amides is 1. The van der Waals surface area contributed by atoms with E-state index < -0.39 is 0 Å². The van der Waals surface area contributed by atoms with Crippen LogP contribution in [-0.2, 0) is 16.6 Å². The highest BCUT2D eigenvalue weighted by molar-refractivity contribution is 8.14. The second-order valence-corrected chi connectivity index (χ2v) is 5.26. The van der Waals surface area contributed by atoms with Crippen molar-refractivity contribution in [2.24, 2.45) is 7.05 Å². The Morgan fingerprint density at radius 1 is 1.62 bits per heavy atom. The summed E-state index contributed by atoms with van der Waals surface area (Å²) in [5.74, 6) is 0.685. The van der Waals surface area contributed by atoms with Crippen molar-refractivity contribution in [2.45, 2.75) is 18.6 Å². The van der Waals surface area contributed by atoms with Crippen molar-refractivity contribution in [3.05, 3.63) is 12.4 Å². The summed E-state index contributed by atoms with van der Waals surface area (Å²) in [4.78, 5) is 28.5. The second-order valence-electron chi connectivity index (χ2n) is 3.78. The van der Waals surface area contributed by atoms with E-state index in [-0.39, 0.29) is 16.3 Å². The molecule has 0 N–H and O–H groups in total. The van der Waals surface area contributed by atoms with Gasteiger partial charge in [0.2, 0.25) is 11.9 Å². The molecule has 1 fully saturated rings. The van der Waals surface area contributed by atoms with E-state index in [2.05, 4.69) is 4.98 Å². The molecule has 86 valence electrons. The Hall–Kier alpha value is -1.30. The molecule has 16 heavy (non-hydrogen) atoms. The van der Waals surface area contributed by atoms with Gasteiger partial charge in [0.1, 0.15) is 0 Å². The third kappa shape index (κ3) is 2.11. The van der Waals surface area contributed by atoms with Gasteiger partial charge in [0.15, 0.2) is 5.12 Å². The normalized spacial score (nSPS) is 20.5. The van der Waals surface area contributed by atoms with E-state index in [1.54, 1.807) is 21.9 Å².